The molecule has 2 aromatic heterocycles. The van der Waals surface area contributed by atoms with E-state index in [2.05, 4.69) is 46.8 Å². The Morgan fingerprint density at radius 3 is 2.78 bits per heavy atom. The zero-order chi connectivity index (χ0) is 13.0. The number of thiophene rings is 1. The van der Waals surface area contributed by atoms with Crippen molar-refractivity contribution in [3.63, 3.8) is 0 Å². The highest BCUT2D eigenvalue weighted by molar-refractivity contribution is 7.14. The zero-order valence-electron chi connectivity index (χ0n) is 10.9. The Morgan fingerprint density at radius 2 is 2.17 bits per heavy atom. The second-order valence-electron chi connectivity index (χ2n) is 3.86. The molecule has 2 aromatic rings. The van der Waals surface area contributed by atoms with Gasteiger partial charge in [0.05, 0.1) is 10.6 Å². The minimum absolute atomic E-state index is 0.783. The van der Waals surface area contributed by atoms with E-state index < -0.39 is 0 Å². The van der Waals surface area contributed by atoms with Crippen molar-refractivity contribution in [2.24, 2.45) is 10.1 Å². The monoisotopic (exact) mass is 279 g/mol. The molecule has 0 aliphatic carbocycles. The average Bonchev–Trinajstić information content (AvgIpc) is 3.00. The SMILES string of the molecule is CCN=c1scc(-c2cccs2)n1N=C(C)CC. The van der Waals surface area contributed by atoms with Gasteiger partial charge in [0, 0.05) is 17.6 Å². The summed E-state index contributed by atoms with van der Waals surface area (Å²) in [6, 6.07) is 4.19. The van der Waals surface area contributed by atoms with Gasteiger partial charge < -0.3 is 0 Å². The van der Waals surface area contributed by atoms with Crippen LogP contribution < -0.4 is 4.80 Å². The maximum Gasteiger partial charge on any atom is 0.206 e. The van der Waals surface area contributed by atoms with Gasteiger partial charge in [0.1, 0.15) is 0 Å². The number of hydrogen-bond donors (Lipinski definition) is 0. The molecule has 0 atom stereocenters. The third kappa shape index (κ3) is 2.79. The Bertz CT molecular complexity index is 588. The summed E-state index contributed by atoms with van der Waals surface area (Å²) in [6.45, 7) is 7.00. The fourth-order valence-electron chi connectivity index (χ4n) is 1.48. The van der Waals surface area contributed by atoms with Crippen molar-refractivity contribution < 1.29 is 0 Å². The van der Waals surface area contributed by atoms with Crippen molar-refractivity contribution in [2.45, 2.75) is 27.2 Å². The number of thiazole rings is 1. The van der Waals surface area contributed by atoms with Crippen LogP contribution in [0.1, 0.15) is 27.2 Å². The Balaban J connectivity index is 2.58. The average molecular weight is 279 g/mol. The molecule has 3 nitrogen and oxygen atoms in total. The molecule has 0 bridgehead atoms. The molecule has 5 heteroatoms. The van der Waals surface area contributed by atoms with Gasteiger partial charge in [-0.2, -0.15) is 5.10 Å². The predicted octanol–water partition coefficient (Wildman–Crippen LogP) is 3.83. The molecule has 96 valence electrons. The van der Waals surface area contributed by atoms with Gasteiger partial charge in [-0.15, -0.1) is 22.7 Å². The van der Waals surface area contributed by atoms with Gasteiger partial charge in [0.25, 0.3) is 0 Å². The van der Waals surface area contributed by atoms with E-state index in [1.165, 1.54) is 4.88 Å². The quantitative estimate of drug-likeness (QED) is 0.761. The van der Waals surface area contributed by atoms with E-state index >= 15 is 0 Å². The topological polar surface area (TPSA) is 29.6 Å². The van der Waals surface area contributed by atoms with Gasteiger partial charge in [-0.05, 0) is 31.7 Å². The summed E-state index contributed by atoms with van der Waals surface area (Å²) < 4.78 is 1.97. The van der Waals surface area contributed by atoms with E-state index in [0.717, 1.165) is 29.2 Å². The number of rotatable bonds is 4. The van der Waals surface area contributed by atoms with Gasteiger partial charge in [0.2, 0.25) is 4.80 Å². The molecule has 0 saturated carbocycles. The molecule has 0 unspecified atom stereocenters. The van der Waals surface area contributed by atoms with Crippen molar-refractivity contribution >= 4 is 28.4 Å². The maximum absolute atomic E-state index is 4.67. The third-order valence-electron chi connectivity index (χ3n) is 2.53. The zero-order valence-corrected chi connectivity index (χ0v) is 12.5. The van der Waals surface area contributed by atoms with Crippen LogP contribution in [0.5, 0.6) is 0 Å². The third-order valence-corrected chi connectivity index (χ3v) is 4.28. The molecule has 0 aliphatic rings. The van der Waals surface area contributed by atoms with Crippen LogP contribution in [0.15, 0.2) is 33.0 Å². The molecule has 0 aromatic carbocycles. The molecule has 0 aliphatic heterocycles. The molecular formula is C13H17N3S2. The van der Waals surface area contributed by atoms with Crippen LogP contribution >= 0.6 is 22.7 Å². The first-order chi connectivity index (χ1) is 8.76. The maximum atomic E-state index is 4.67. The summed E-state index contributed by atoms with van der Waals surface area (Å²) >= 11 is 3.38. The first-order valence-corrected chi connectivity index (χ1v) is 7.81. The van der Waals surface area contributed by atoms with E-state index in [1.54, 1.807) is 22.7 Å². The molecule has 0 spiro atoms. The van der Waals surface area contributed by atoms with Crippen molar-refractivity contribution in [3.05, 3.63) is 27.7 Å². The Labute approximate surface area is 115 Å². The Morgan fingerprint density at radius 1 is 1.33 bits per heavy atom. The summed E-state index contributed by atoms with van der Waals surface area (Å²) in [6.07, 6.45) is 0.957. The molecule has 0 saturated heterocycles. The van der Waals surface area contributed by atoms with Crippen LogP contribution in [0, 0.1) is 0 Å². The van der Waals surface area contributed by atoms with E-state index in [4.69, 9.17) is 0 Å². The van der Waals surface area contributed by atoms with Crippen LogP contribution in [0.2, 0.25) is 0 Å². The van der Waals surface area contributed by atoms with Crippen LogP contribution in [-0.2, 0) is 0 Å². The van der Waals surface area contributed by atoms with Crippen molar-refractivity contribution in [1.29, 1.82) is 0 Å². The molecule has 0 N–H and O–H groups in total. The van der Waals surface area contributed by atoms with Gasteiger partial charge in [-0.1, -0.05) is 13.0 Å². The molecular weight excluding hydrogens is 262 g/mol. The van der Waals surface area contributed by atoms with Crippen molar-refractivity contribution in [2.75, 3.05) is 6.54 Å². The summed E-state index contributed by atoms with van der Waals surface area (Å²) in [5.74, 6) is 0. The predicted molar refractivity (Wildman–Crippen MR) is 80.5 cm³/mol. The van der Waals surface area contributed by atoms with Crippen molar-refractivity contribution in [1.82, 2.24) is 4.68 Å². The lowest BCUT2D eigenvalue weighted by Crippen LogP contribution is -2.13. The van der Waals surface area contributed by atoms with Crippen LogP contribution in [0.4, 0.5) is 0 Å². The van der Waals surface area contributed by atoms with Crippen molar-refractivity contribution in [3.8, 4) is 10.6 Å². The van der Waals surface area contributed by atoms with E-state index in [9.17, 15) is 0 Å². The van der Waals surface area contributed by atoms with Crippen LogP contribution in [0.3, 0.4) is 0 Å². The lowest BCUT2D eigenvalue weighted by Gasteiger charge is -2.02. The van der Waals surface area contributed by atoms with Gasteiger partial charge in [0.15, 0.2) is 0 Å². The molecule has 18 heavy (non-hydrogen) atoms. The molecule has 0 fully saturated rings. The highest BCUT2D eigenvalue weighted by Gasteiger charge is 2.08. The second-order valence-corrected chi connectivity index (χ2v) is 5.64. The minimum atomic E-state index is 0.783. The molecule has 2 heterocycles. The Kier molecular flexibility index (Phi) is 4.49. The van der Waals surface area contributed by atoms with E-state index in [0.29, 0.717) is 0 Å². The highest BCUT2D eigenvalue weighted by Crippen LogP contribution is 2.25. The Hall–Kier alpha value is -1.20. The number of aromatic nitrogens is 1. The molecule has 2 rings (SSSR count). The number of nitrogens with zero attached hydrogens (tertiary/aromatic N) is 3. The summed E-state index contributed by atoms with van der Waals surface area (Å²) in [4.78, 5) is 6.70. The minimum Gasteiger partial charge on any atom is -0.258 e. The molecule has 0 radical (unpaired) electrons. The largest absolute Gasteiger partial charge is 0.258 e. The van der Waals surface area contributed by atoms with Crippen LogP contribution in [0.25, 0.3) is 10.6 Å². The standard InChI is InChI=1S/C13H17N3S2/c1-4-10(3)15-16-11(12-7-6-8-17-12)9-18-13(16)14-5-2/h6-9H,4-5H2,1-3H3. The summed E-state index contributed by atoms with van der Waals surface area (Å²) in [5.41, 5.74) is 2.25. The molecule has 0 amide bonds. The fraction of sp³-hybridized carbons (Fsp3) is 0.385. The lowest BCUT2D eigenvalue weighted by atomic mass is 10.3. The number of hydrogen-bond acceptors (Lipinski definition) is 4. The highest BCUT2D eigenvalue weighted by atomic mass is 32.1. The van der Waals surface area contributed by atoms with Gasteiger partial charge in [-0.3, -0.25) is 4.99 Å². The van der Waals surface area contributed by atoms with E-state index in [-0.39, 0.29) is 0 Å². The van der Waals surface area contributed by atoms with Crippen LogP contribution in [-0.4, -0.2) is 16.9 Å². The summed E-state index contributed by atoms with van der Waals surface area (Å²) in [5, 5.41) is 8.89. The van der Waals surface area contributed by atoms with E-state index in [1.807, 2.05) is 11.6 Å². The fourth-order valence-corrected chi connectivity index (χ4v) is 3.16. The first kappa shape index (κ1) is 13.2. The second kappa shape index (κ2) is 6.11. The van der Waals surface area contributed by atoms with Gasteiger partial charge in [-0.25, -0.2) is 4.68 Å². The smallest absolute Gasteiger partial charge is 0.206 e. The lowest BCUT2D eigenvalue weighted by molar-refractivity contribution is 0.823. The summed E-state index contributed by atoms with van der Waals surface area (Å²) in [7, 11) is 0. The normalized spacial score (nSPS) is 13.3. The first-order valence-electron chi connectivity index (χ1n) is 6.05. The van der Waals surface area contributed by atoms with Gasteiger partial charge >= 0.3 is 0 Å².